The van der Waals surface area contributed by atoms with E-state index in [9.17, 15) is 0 Å². The van der Waals surface area contributed by atoms with Gasteiger partial charge in [0.2, 0.25) is 0 Å². The Morgan fingerprint density at radius 1 is 1.31 bits per heavy atom. The molecule has 1 heterocycles. The van der Waals surface area contributed by atoms with E-state index in [0.717, 1.165) is 28.2 Å². The minimum absolute atomic E-state index is 0.750. The third-order valence-corrected chi connectivity index (χ3v) is 2.74. The Labute approximate surface area is 101 Å². The number of pyridine rings is 1. The number of fused-ring (bicyclic) bond motifs is 1. The lowest BCUT2D eigenvalue weighted by atomic mass is 10.2. The Morgan fingerprint density at radius 3 is 3.00 bits per heavy atom. The SMILES string of the molecule is CCCCNc1cnc2ccc(Cl)cc2c1. The molecule has 0 fully saturated rings. The molecule has 0 amide bonds. The number of nitrogens with zero attached hydrogens (tertiary/aromatic N) is 1. The molecule has 0 spiro atoms. The molecule has 0 saturated carbocycles. The molecule has 1 N–H and O–H groups in total. The quantitative estimate of drug-likeness (QED) is 0.806. The maximum Gasteiger partial charge on any atom is 0.0704 e. The molecule has 0 radical (unpaired) electrons. The molecule has 0 saturated heterocycles. The van der Waals surface area contributed by atoms with Gasteiger partial charge in [0.15, 0.2) is 0 Å². The maximum atomic E-state index is 5.95. The fourth-order valence-electron chi connectivity index (χ4n) is 1.61. The van der Waals surface area contributed by atoms with Crippen molar-refractivity contribution in [1.29, 1.82) is 0 Å². The molecule has 2 rings (SSSR count). The van der Waals surface area contributed by atoms with Crippen molar-refractivity contribution < 1.29 is 0 Å². The molecular formula is C13H15ClN2. The Kier molecular flexibility index (Phi) is 3.62. The molecule has 3 heteroatoms. The van der Waals surface area contributed by atoms with E-state index in [1.165, 1.54) is 12.8 Å². The molecule has 0 atom stereocenters. The fourth-order valence-corrected chi connectivity index (χ4v) is 1.79. The molecule has 0 unspecified atom stereocenters. The Bertz CT molecular complexity index is 482. The summed E-state index contributed by atoms with van der Waals surface area (Å²) in [5.74, 6) is 0. The van der Waals surface area contributed by atoms with Gasteiger partial charge in [0.05, 0.1) is 17.4 Å². The Balaban J connectivity index is 2.21. The first-order chi connectivity index (χ1) is 7.79. The van der Waals surface area contributed by atoms with E-state index < -0.39 is 0 Å². The van der Waals surface area contributed by atoms with Crippen molar-refractivity contribution in [3.63, 3.8) is 0 Å². The number of hydrogen-bond acceptors (Lipinski definition) is 2. The molecule has 1 aromatic carbocycles. The highest BCUT2D eigenvalue weighted by Crippen LogP contribution is 2.20. The van der Waals surface area contributed by atoms with Crippen LogP contribution in [0.25, 0.3) is 10.9 Å². The van der Waals surface area contributed by atoms with Crippen molar-refractivity contribution in [2.24, 2.45) is 0 Å². The van der Waals surface area contributed by atoms with Gasteiger partial charge in [0.1, 0.15) is 0 Å². The van der Waals surface area contributed by atoms with Crippen molar-refractivity contribution in [3.05, 3.63) is 35.5 Å². The van der Waals surface area contributed by atoms with Crippen LogP contribution in [0.5, 0.6) is 0 Å². The van der Waals surface area contributed by atoms with Gasteiger partial charge in [-0.1, -0.05) is 24.9 Å². The lowest BCUT2D eigenvalue weighted by Crippen LogP contribution is -2.00. The van der Waals surface area contributed by atoms with Gasteiger partial charge in [-0.3, -0.25) is 4.98 Å². The first kappa shape index (κ1) is 11.2. The average Bonchev–Trinajstić information content (AvgIpc) is 2.29. The monoisotopic (exact) mass is 234 g/mol. The van der Waals surface area contributed by atoms with Crippen LogP contribution in [0.2, 0.25) is 5.02 Å². The highest BCUT2D eigenvalue weighted by atomic mass is 35.5. The van der Waals surface area contributed by atoms with Crippen molar-refractivity contribution >= 4 is 28.2 Å². The lowest BCUT2D eigenvalue weighted by Gasteiger charge is -2.06. The normalized spacial score (nSPS) is 10.6. The summed E-state index contributed by atoms with van der Waals surface area (Å²) in [5, 5.41) is 5.18. The summed E-state index contributed by atoms with van der Waals surface area (Å²) in [7, 11) is 0. The second-order valence-corrected chi connectivity index (χ2v) is 4.28. The van der Waals surface area contributed by atoms with Crippen molar-refractivity contribution in [2.45, 2.75) is 19.8 Å². The van der Waals surface area contributed by atoms with E-state index in [0.29, 0.717) is 0 Å². The second-order valence-electron chi connectivity index (χ2n) is 3.84. The van der Waals surface area contributed by atoms with Crippen LogP contribution in [0.4, 0.5) is 5.69 Å². The molecule has 0 aliphatic carbocycles. The molecule has 84 valence electrons. The van der Waals surface area contributed by atoms with Gasteiger partial charge in [-0.2, -0.15) is 0 Å². The molecule has 2 nitrogen and oxygen atoms in total. The average molecular weight is 235 g/mol. The summed E-state index contributed by atoms with van der Waals surface area (Å²) in [4.78, 5) is 4.38. The van der Waals surface area contributed by atoms with Crippen molar-refractivity contribution in [3.8, 4) is 0 Å². The minimum atomic E-state index is 0.750. The number of aromatic nitrogens is 1. The first-order valence-electron chi connectivity index (χ1n) is 5.59. The molecular weight excluding hydrogens is 220 g/mol. The van der Waals surface area contributed by atoms with Crippen LogP contribution >= 0.6 is 11.6 Å². The zero-order valence-electron chi connectivity index (χ0n) is 9.33. The van der Waals surface area contributed by atoms with E-state index in [-0.39, 0.29) is 0 Å². The van der Waals surface area contributed by atoms with Crippen LogP contribution in [-0.4, -0.2) is 11.5 Å². The summed E-state index contributed by atoms with van der Waals surface area (Å²) in [6.07, 6.45) is 4.24. The van der Waals surface area contributed by atoms with Crippen molar-refractivity contribution in [2.75, 3.05) is 11.9 Å². The molecule has 1 aromatic heterocycles. The van der Waals surface area contributed by atoms with Crippen molar-refractivity contribution in [1.82, 2.24) is 4.98 Å². The van der Waals surface area contributed by atoms with Gasteiger partial charge in [-0.15, -0.1) is 0 Å². The van der Waals surface area contributed by atoms with Crippen LogP contribution in [0.15, 0.2) is 30.5 Å². The van der Waals surface area contributed by atoms with E-state index in [2.05, 4.69) is 23.3 Å². The molecule has 16 heavy (non-hydrogen) atoms. The van der Waals surface area contributed by atoms with Gasteiger partial charge in [0.25, 0.3) is 0 Å². The number of hydrogen-bond donors (Lipinski definition) is 1. The molecule has 0 aliphatic rings. The molecule has 0 aliphatic heterocycles. The van der Waals surface area contributed by atoms with Crippen LogP contribution in [0, 0.1) is 0 Å². The van der Waals surface area contributed by atoms with Crippen LogP contribution < -0.4 is 5.32 Å². The third kappa shape index (κ3) is 2.64. The lowest BCUT2D eigenvalue weighted by molar-refractivity contribution is 0.834. The Hall–Kier alpha value is -1.28. The summed E-state index contributed by atoms with van der Waals surface area (Å²) < 4.78 is 0. The predicted molar refractivity (Wildman–Crippen MR) is 70.2 cm³/mol. The standard InChI is InChI=1S/C13H15ClN2/c1-2-3-6-15-12-8-10-7-11(14)4-5-13(10)16-9-12/h4-5,7-9,15H,2-3,6H2,1H3. The smallest absolute Gasteiger partial charge is 0.0704 e. The summed E-state index contributed by atoms with van der Waals surface area (Å²) in [6.45, 7) is 3.17. The fraction of sp³-hybridized carbons (Fsp3) is 0.308. The molecule has 0 bridgehead atoms. The number of rotatable bonds is 4. The first-order valence-corrected chi connectivity index (χ1v) is 5.96. The highest BCUT2D eigenvalue weighted by molar-refractivity contribution is 6.31. The van der Waals surface area contributed by atoms with Gasteiger partial charge < -0.3 is 5.32 Å². The van der Waals surface area contributed by atoms with Crippen LogP contribution in [0.1, 0.15) is 19.8 Å². The highest BCUT2D eigenvalue weighted by Gasteiger charge is 1.98. The number of halogens is 1. The largest absolute Gasteiger partial charge is 0.384 e. The van der Waals surface area contributed by atoms with E-state index in [4.69, 9.17) is 11.6 Å². The zero-order chi connectivity index (χ0) is 11.4. The number of unbranched alkanes of at least 4 members (excludes halogenated alkanes) is 1. The second kappa shape index (κ2) is 5.17. The summed E-state index contributed by atoms with van der Waals surface area (Å²) in [5.41, 5.74) is 2.04. The van der Waals surface area contributed by atoms with Gasteiger partial charge in [-0.25, -0.2) is 0 Å². The number of benzene rings is 1. The Morgan fingerprint density at radius 2 is 2.19 bits per heavy atom. The van der Waals surface area contributed by atoms with Gasteiger partial charge in [-0.05, 0) is 30.7 Å². The topological polar surface area (TPSA) is 24.9 Å². The van der Waals surface area contributed by atoms with E-state index in [1.54, 1.807) is 0 Å². The van der Waals surface area contributed by atoms with Gasteiger partial charge >= 0.3 is 0 Å². The van der Waals surface area contributed by atoms with Gasteiger partial charge in [0, 0.05) is 17.0 Å². The predicted octanol–water partition coefficient (Wildman–Crippen LogP) is 4.10. The maximum absolute atomic E-state index is 5.95. The van der Waals surface area contributed by atoms with Crippen LogP contribution in [0.3, 0.4) is 0 Å². The van der Waals surface area contributed by atoms with E-state index >= 15 is 0 Å². The molecule has 2 aromatic rings. The third-order valence-electron chi connectivity index (χ3n) is 2.50. The number of nitrogens with one attached hydrogen (secondary N) is 1. The zero-order valence-corrected chi connectivity index (χ0v) is 10.1. The summed E-state index contributed by atoms with van der Waals surface area (Å²) in [6, 6.07) is 7.83. The number of anilines is 1. The van der Waals surface area contributed by atoms with Crippen LogP contribution in [-0.2, 0) is 0 Å². The summed E-state index contributed by atoms with van der Waals surface area (Å²) >= 11 is 5.95. The van der Waals surface area contributed by atoms with E-state index in [1.807, 2.05) is 24.4 Å². The minimum Gasteiger partial charge on any atom is -0.384 e.